The van der Waals surface area contributed by atoms with Crippen molar-refractivity contribution in [2.24, 2.45) is 0 Å². The fourth-order valence-corrected chi connectivity index (χ4v) is 7.29. The summed E-state index contributed by atoms with van der Waals surface area (Å²) in [7, 11) is -7.71. The Balaban J connectivity index is 1.12. The highest BCUT2D eigenvalue weighted by Gasteiger charge is 2.51. The molecule has 53 heavy (non-hydrogen) atoms. The van der Waals surface area contributed by atoms with Gasteiger partial charge in [0.2, 0.25) is 0 Å². The lowest BCUT2D eigenvalue weighted by Crippen LogP contribution is -2.47. The number of aryl methyl sites for hydroxylation is 2. The van der Waals surface area contributed by atoms with Crippen molar-refractivity contribution in [3.05, 3.63) is 119 Å². The Morgan fingerprint density at radius 3 is 1.19 bits per heavy atom. The molecular weight excluding hydrogens is 729 g/mol. The zero-order chi connectivity index (χ0) is 38.5. The van der Waals surface area contributed by atoms with Crippen LogP contribution in [0, 0.1) is 13.8 Å². The van der Waals surface area contributed by atoms with Gasteiger partial charge in [0.25, 0.3) is 31.9 Å². The Morgan fingerprint density at radius 2 is 0.887 bits per heavy atom. The van der Waals surface area contributed by atoms with E-state index in [1.165, 1.54) is 72.8 Å². The number of hydrogen-bond acceptors (Lipinski definition) is 9. The van der Waals surface area contributed by atoms with Crippen LogP contribution in [0.3, 0.4) is 0 Å². The molecule has 15 nitrogen and oxygen atoms in total. The van der Waals surface area contributed by atoms with Crippen LogP contribution in [0.4, 0.5) is 11.4 Å². The van der Waals surface area contributed by atoms with E-state index >= 15 is 0 Å². The van der Waals surface area contributed by atoms with E-state index in [2.05, 4.69) is 20.1 Å². The highest BCUT2D eigenvalue weighted by atomic mass is 32.2. The fourth-order valence-electron chi connectivity index (χ4n) is 5.17. The third-order valence-corrected chi connectivity index (χ3v) is 11.0. The number of aliphatic carboxylic acids is 2. The number of carbonyl (C=O) groups excluding carboxylic acids is 2. The molecule has 4 atom stereocenters. The summed E-state index contributed by atoms with van der Waals surface area (Å²) in [5.74, 6) is -4.53. The second kappa shape index (κ2) is 15.9. The summed E-state index contributed by atoms with van der Waals surface area (Å²) in [5, 5.41) is 24.1. The molecule has 0 aromatic heterocycles. The van der Waals surface area contributed by atoms with E-state index in [9.17, 15) is 46.2 Å². The number of carbonyl (C=O) groups is 4. The van der Waals surface area contributed by atoms with Crippen molar-refractivity contribution in [1.82, 2.24) is 10.6 Å². The minimum Gasteiger partial charge on any atom is -0.480 e. The summed E-state index contributed by atoms with van der Waals surface area (Å²) < 4.78 is 60.8. The zero-order valence-electron chi connectivity index (χ0n) is 28.3. The van der Waals surface area contributed by atoms with Crippen LogP contribution in [-0.2, 0) is 56.8 Å². The molecule has 0 aliphatic carbocycles. The van der Waals surface area contributed by atoms with E-state index < -0.39 is 68.1 Å². The summed E-state index contributed by atoms with van der Waals surface area (Å²) in [6.45, 7) is 3.66. The van der Waals surface area contributed by atoms with Crippen LogP contribution in [0.2, 0.25) is 0 Å². The number of sulfonamides is 2. The third kappa shape index (κ3) is 10.2. The van der Waals surface area contributed by atoms with Gasteiger partial charge in [-0.1, -0.05) is 59.7 Å². The number of benzene rings is 4. The first-order valence-corrected chi connectivity index (χ1v) is 19.1. The maximum absolute atomic E-state index is 12.8. The highest BCUT2D eigenvalue weighted by molar-refractivity contribution is 7.93. The lowest BCUT2D eigenvalue weighted by molar-refractivity contribution is -0.142. The van der Waals surface area contributed by atoms with E-state index in [1.807, 2.05) is 13.8 Å². The first-order valence-electron chi connectivity index (χ1n) is 16.1. The van der Waals surface area contributed by atoms with Gasteiger partial charge >= 0.3 is 11.9 Å². The van der Waals surface area contributed by atoms with Gasteiger partial charge in [-0.25, -0.2) is 26.4 Å². The average molecular weight is 765 g/mol. The molecule has 4 aromatic carbocycles. The molecule has 1 aliphatic rings. The Kier molecular flexibility index (Phi) is 11.5. The minimum absolute atomic E-state index is 0.0718. The predicted octanol–water partition coefficient (Wildman–Crippen LogP) is 2.60. The molecule has 0 unspecified atom stereocenters. The van der Waals surface area contributed by atoms with Gasteiger partial charge in [-0.15, -0.1) is 0 Å². The summed E-state index contributed by atoms with van der Waals surface area (Å²) in [5.41, 5.74) is 3.19. The number of carboxylic acids is 2. The van der Waals surface area contributed by atoms with E-state index in [0.29, 0.717) is 11.1 Å². The largest absolute Gasteiger partial charge is 0.480 e. The second-order valence-corrected chi connectivity index (χ2v) is 15.8. The molecule has 0 spiro atoms. The number of amides is 2. The number of rotatable bonds is 16. The van der Waals surface area contributed by atoms with Gasteiger partial charge in [0.15, 0.2) is 12.2 Å². The molecule has 6 N–H and O–H groups in total. The van der Waals surface area contributed by atoms with Crippen molar-refractivity contribution < 1.29 is 51.0 Å². The first-order chi connectivity index (χ1) is 25.0. The molecule has 1 heterocycles. The van der Waals surface area contributed by atoms with Gasteiger partial charge in [-0.3, -0.25) is 19.0 Å². The lowest BCUT2D eigenvalue weighted by Gasteiger charge is -2.15. The molecule has 0 saturated carbocycles. The molecular formula is C36H36N4O11S2. The molecule has 2 amide bonds. The number of ether oxygens (including phenoxy) is 1. The van der Waals surface area contributed by atoms with Gasteiger partial charge in [-0.2, -0.15) is 0 Å². The standard InChI is InChI=1S/C36H36N4O11S2/c1-21-3-15-27(16-4-21)52(47,48)39-25-11-7-23(8-12-25)19-29(35(43)44)37-33(41)31-32(51-31)34(42)38-30(36(45)46)20-24-9-13-26(14-10-24)40-53(49,50)28-17-5-22(2)6-18-28/h3-18,29-32,39-40H,19-20H2,1-2H3,(H,37,41)(H,38,42)(H,43,44)(H,45,46)/t29-,30-,31-,32-/m0/s1. The van der Waals surface area contributed by atoms with Crippen LogP contribution >= 0.6 is 0 Å². The molecule has 1 aliphatic heterocycles. The predicted molar refractivity (Wildman–Crippen MR) is 192 cm³/mol. The van der Waals surface area contributed by atoms with Gasteiger partial charge in [-0.05, 0) is 73.5 Å². The Labute approximate surface area is 305 Å². The highest BCUT2D eigenvalue weighted by Crippen LogP contribution is 2.24. The van der Waals surface area contributed by atoms with Gasteiger partial charge in [0, 0.05) is 24.2 Å². The zero-order valence-corrected chi connectivity index (χ0v) is 30.0. The maximum atomic E-state index is 12.8. The summed E-state index contributed by atoms with van der Waals surface area (Å²) in [6.07, 6.45) is -3.07. The lowest BCUT2D eigenvalue weighted by atomic mass is 10.0. The van der Waals surface area contributed by atoms with Crippen molar-refractivity contribution >= 4 is 55.2 Å². The quantitative estimate of drug-likeness (QED) is 0.0907. The summed E-state index contributed by atoms with van der Waals surface area (Å²) in [6, 6.07) is 21.5. The molecule has 0 bridgehead atoms. The van der Waals surface area contributed by atoms with Gasteiger partial charge < -0.3 is 25.6 Å². The summed E-state index contributed by atoms with van der Waals surface area (Å²) >= 11 is 0. The topological polar surface area (TPSA) is 238 Å². The number of nitrogens with one attached hydrogen (secondary N) is 4. The van der Waals surface area contributed by atoms with Crippen LogP contribution in [0.5, 0.6) is 0 Å². The van der Waals surface area contributed by atoms with Crippen LogP contribution in [0.1, 0.15) is 22.3 Å². The normalized spacial score (nSPS) is 16.4. The number of hydrogen-bond donors (Lipinski definition) is 6. The van der Waals surface area contributed by atoms with Crippen LogP contribution < -0.4 is 20.1 Å². The van der Waals surface area contributed by atoms with E-state index in [1.54, 1.807) is 24.3 Å². The van der Waals surface area contributed by atoms with Crippen LogP contribution in [0.25, 0.3) is 0 Å². The molecule has 0 radical (unpaired) electrons. The van der Waals surface area contributed by atoms with Gasteiger partial charge in [0.1, 0.15) is 12.1 Å². The molecule has 1 fully saturated rings. The van der Waals surface area contributed by atoms with Crippen molar-refractivity contribution in [3.8, 4) is 0 Å². The van der Waals surface area contributed by atoms with E-state index in [4.69, 9.17) is 4.74 Å². The maximum Gasteiger partial charge on any atom is 0.326 e. The van der Waals surface area contributed by atoms with Crippen molar-refractivity contribution in [2.75, 3.05) is 9.44 Å². The number of anilines is 2. The third-order valence-electron chi connectivity index (χ3n) is 8.19. The molecule has 4 aromatic rings. The van der Waals surface area contributed by atoms with Crippen molar-refractivity contribution in [2.45, 2.75) is 60.8 Å². The summed E-state index contributed by atoms with van der Waals surface area (Å²) in [4.78, 5) is 49.7. The fraction of sp³-hybridized carbons (Fsp3) is 0.222. The van der Waals surface area contributed by atoms with Gasteiger partial charge in [0.05, 0.1) is 9.79 Å². The Morgan fingerprint density at radius 1 is 0.566 bits per heavy atom. The van der Waals surface area contributed by atoms with Crippen molar-refractivity contribution in [1.29, 1.82) is 0 Å². The van der Waals surface area contributed by atoms with Crippen LogP contribution in [0.15, 0.2) is 107 Å². The van der Waals surface area contributed by atoms with Crippen molar-refractivity contribution in [3.63, 3.8) is 0 Å². The number of epoxide rings is 1. The monoisotopic (exact) mass is 764 g/mol. The average Bonchev–Trinajstić information content (AvgIpc) is 3.91. The molecule has 278 valence electrons. The van der Waals surface area contributed by atoms with E-state index in [-0.39, 0.29) is 34.0 Å². The Hall–Kier alpha value is -5.78. The first kappa shape index (κ1) is 38.5. The number of carboxylic acid groups (broad SMARTS) is 2. The smallest absolute Gasteiger partial charge is 0.326 e. The molecule has 1 saturated heterocycles. The molecule has 5 rings (SSSR count). The SMILES string of the molecule is Cc1ccc(S(=O)(=O)Nc2ccc(C[C@H](NC(=O)[C@H]3O[C@@H]3C(=O)N[C@@H](Cc3ccc(NS(=O)(=O)c4ccc(C)cc4)cc3)C(=O)O)C(=O)O)cc2)cc1. The van der Waals surface area contributed by atoms with Crippen LogP contribution in [-0.4, -0.2) is 75.1 Å². The molecule has 17 heteroatoms. The second-order valence-electron chi connectivity index (χ2n) is 12.4. The van der Waals surface area contributed by atoms with E-state index in [0.717, 1.165) is 11.1 Å². The Bertz CT molecular complexity index is 2050. The minimum atomic E-state index is -3.86.